The lowest BCUT2D eigenvalue weighted by Gasteiger charge is -2.24. The van der Waals surface area contributed by atoms with Crippen LogP contribution in [0.1, 0.15) is 17.7 Å². The Morgan fingerprint density at radius 3 is 2.84 bits per heavy atom. The zero-order valence-corrected chi connectivity index (χ0v) is 18.2. The number of nitrogens with zero attached hydrogens (tertiary/aromatic N) is 4. The number of aromatic nitrogens is 2. The van der Waals surface area contributed by atoms with Crippen LogP contribution in [-0.4, -0.2) is 21.6 Å². The minimum absolute atomic E-state index is 0.355. The fourth-order valence-corrected chi connectivity index (χ4v) is 3.67. The molecule has 0 atom stereocenters. The van der Waals surface area contributed by atoms with Gasteiger partial charge in [-0.3, -0.25) is 0 Å². The fourth-order valence-electron chi connectivity index (χ4n) is 3.49. The van der Waals surface area contributed by atoms with Crippen LogP contribution in [0.4, 0.5) is 11.5 Å². The van der Waals surface area contributed by atoms with Gasteiger partial charge in [-0.1, -0.05) is 42.5 Å². The van der Waals surface area contributed by atoms with Crippen molar-refractivity contribution < 1.29 is 4.42 Å². The van der Waals surface area contributed by atoms with Gasteiger partial charge in [-0.2, -0.15) is 5.26 Å². The van der Waals surface area contributed by atoms with Crippen molar-refractivity contribution in [3.05, 3.63) is 84.7 Å². The second-order valence-corrected chi connectivity index (χ2v) is 7.52. The van der Waals surface area contributed by atoms with Crippen LogP contribution in [0.2, 0.25) is 0 Å². The highest BCUT2D eigenvalue weighted by Gasteiger charge is 2.16. The van der Waals surface area contributed by atoms with Crippen molar-refractivity contribution in [2.24, 2.45) is 0 Å². The Morgan fingerprint density at radius 2 is 2.00 bits per heavy atom. The maximum atomic E-state index is 9.08. The van der Waals surface area contributed by atoms with E-state index in [1.807, 2.05) is 35.2 Å². The highest BCUT2D eigenvalue weighted by atomic mass is 32.1. The molecule has 2 N–H and O–H groups in total. The largest absolute Gasteiger partial charge is 0.467 e. The summed E-state index contributed by atoms with van der Waals surface area (Å²) in [6.45, 7) is 1.57. The van der Waals surface area contributed by atoms with Crippen molar-refractivity contribution >= 4 is 39.6 Å². The van der Waals surface area contributed by atoms with E-state index < -0.39 is 0 Å². The van der Waals surface area contributed by atoms with Gasteiger partial charge >= 0.3 is 0 Å². The molecule has 0 saturated carbocycles. The first kappa shape index (κ1) is 21.3. The highest BCUT2D eigenvalue weighted by Crippen LogP contribution is 2.24. The van der Waals surface area contributed by atoms with Crippen LogP contribution in [0.15, 0.2) is 77.8 Å². The van der Waals surface area contributed by atoms with Crippen molar-refractivity contribution in [2.45, 2.75) is 19.5 Å². The van der Waals surface area contributed by atoms with E-state index in [0.717, 1.165) is 11.3 Å². The molecule has 4 aromatic rings. The molecule has 2 aromatic heterocycles. The third-order valence-electron chi connectivity index (χ3n) is 4.98. The summed E-state index contributed by atoms with van der Waals surface area (Å²) in [5.41, 5.74) is 1.82. The minimum atomic E-state index is 0.355. The van der Waals surface area contributed by atoms with Gasteiger partial charge in [-0.15, -0.1) is 0 Å². The fraction of sp³-hybridized carbons (Fsp3) is 0.167. The molecule has 0 aliphatic rings. The highest BCUT2D eigenvalue weighted by molar-refractivity contribution is 7.80. The predicted octanol–water partition coefficient (Wildman–Crippen LogP) is 4.63. The number of fused-ring (bicyclic) bond motifs is 1. The number of anilines is 2. The summed E-state index contributed by atoms with van der Waals surface area (Å²) in [5.74, 6) is 1.44. The standard InChI is InChI=1S/C24H22N6OS/c25-11-5-12-30(16-20-9-4-13-31-20)23-22(15-26-17-28-23)29-24(32)27-14-19-8-3-7-18-6-1-2-10-21(18)19/h1-4,6-10,13,15,17H,5,12,14,16H2,(H2,27,29,32). The molecule has 2 aromatic carbocycles. The molecule has 0 radical (unpaired) electrons. The van der Waals surface area contributed by atoms with E-state index in [1.165, 1.54) is 17.1 Å². The summed E-state index contributed by atoms with van der Waals surface area (Å²) in [5, 5.41) is 18.4. The van der Waals surface area contributed by atoms with Gasteiger partial charge in [0, 0.05) is 13.1 Å². The second-order valence-electron chi connectivity index (χ2n) is 7.12. The third kappa shape index (κ3) is 5.20. The van der Waals surface area contributed by atoms with Crippen LogP contribution in [0.3, 0.4) is 0 Å². The van der Waals surface area contributed by atoms with Crippen molar-refractivity contribution in [2.75, 3.05) is 16.8 Å². The summed E-state index contributed by atoms with van der Waals surface area (Å²) >= 11 is 5.54. The third-order valence-corrected chi connectivity index (χ3v) is 5.23. The normalized spacial score (nSPS) is 10.5. The van der Waals surface area contributed by atoms with E-state index in [0.29, 0.717) is 42.7 Å². The summed E-state index contributed by atoms with van der Waals surface area (Å²) in [7, 11) is 0. The van der Waals surface area contributed by atoms with Gasteiger partial charge in [0.15, 0.2) is 10.9 Å². The van der Waals surface area contributed by atoms with Gasteiger partial charge in [-0.05, 0) is 40.7 Å². The number of hydrogen-bond acceptors (Lipinski definition) is 6. The van der Waals surface area contributed by atoms with Crippen LogP contribution in [0.5, 0.6) is 0 Å². The minimum Gasteiger partial charge on any atom is -0.467 e. The Morgan fingerprint density at radius 1 is 1.12 bits per heavy atom. The molecule has 160 valence electrons. The molecule has 0 fully saturated rings. The first-order valence-electron chi connectivity index (χ1n) is 10.2. The maximum Gasteiger partial charge on any atom is 0.171 e. The van der Waals surface area contributed by atoms with Crippen molar-refractivity contribution in [3.63, 3.8) is 0 Å². The van der Waals surface area contributed by atoms with E-state index in [4.69, 9.17) is 21.9 Å². The van der Waals surface area contributed by atoms with Crippen LogP contribution in [0, 0.1) is 11.3 Å². The van der Waals surface area contributed by atoms with Gasteiger partial charge in [0.2, 0.25) is 0 Å². The molecule has 0 aliphatic heterocycles. The average Bonchev–Trinajstić information content (AvgIpc) is 3.34. The molecule has 0 spiro atoms. The van der Waals surface area contributed by atoms with E-state index in [2.05, 4.69) is 50.9 Å². The number of rotatable bonds is 8. The molecule has 0 bridgehead atoms. The first-order valence-corrected chi connectivity index (χ1v) is 10.6. The SMILES string of the molecule is N#CCCN(Cc1ccco1)c1ncncc1NC(=S)NCc1cccc2ccccc12. The van der Waals surface area contributed by atoms with E-state index in [9.17, 15) is 0 Å². The number of furan rings is 1. The quantitative estimate of drug-likeness (QED) is 0.382. The van der Waals surface area contributed by atoms with Crippen molar-refractivity contribution in [1.29, 1.82) is 5.26 Å². The molecule has 0 saturated heterocycles. The molecule has 0 aliphatic carbocycles. The molecule has 0 amide bonds. The lowest BCUT2D eigenvalue weighted by molar-refractivity contribution is 0.501. The molecule has 4 rings (SSSR count). The summed E-state index contributed by atoms with van der Waals surface area (Å²) in [4.78, 5) is 10.6. The summed E-state index contributed by atoms with van der Waals surface area (Å²) in [6, 6.07) is 20.4. The monoisotopic (exact) mass is 442 g/mol. The lowest BCUT2D eigenvalue weighted by Crippen LogP contribution is -2.30. The number of nitriles is 1. The summed E-state index contributed by atoms with van der Waals surface area (Å²) < 4.78 is 5.48. The van der Waals surface area contributed by atoms with E-state index in [-0.39, 0.29) is 0 Å². The van der Waals surface area contributed by atoms with Crippen LogP contribution in [-0.2, 0) is 13.1 Å². The predicted molar refractivity (Wildman–Crippen MR) is 129 cm³/mol. The van der Waals surface area contributed by atoms with Gasteiger partial charge < -0.3 is 20.0 Å². The van der Waals surface area contributed by atoms with E-state index >= 15 is 0 Å². The number of thiocarbonyl (C=S) groups is 1. The molecular formula is C24H22N6OS. The van der Waals surface area contributed by atoms with Crippen LogP contribution >= 0.6 is 12.2 Å². The molecule has 2 heterocycles. The molecular weight excluding hydrogens is 420 g/mol. The van der Waals surface area contributed by atoms with Gasteiger partial charge in [0.1, 0.15) is 17.8 Å². The molecule has 32 heavy (non-hydrogen) atoms. The maximum absolute atomic E-state index is 9.08. The topological polar surface area (TPSA) is 90.0 Å². The average molecular weight is 443 g/mol. The van der Waals surface area contributed by atoms with Gasteiger partial charge in [0.05, 0.1) is 31.5 Å². The van der Waals surface area contributed by atoms with E-state index in [1.54, 1.807) is 12.5 Å². The zero-order valence-electron chi connectivity index (χ0n) is 17.4. The van der Waals surface area contributed by atoms with Gasteiger partial charge in [0.25, 0.3) is 0 Å². The van der Waals surface area contributed by atoms with Crippen molar-refractivity contribution in [1.82, 2.24) is 15.3 Å². The Hall–Kier alpha value is -3.96. The van der Waals surface area contributed by atoms with Crippen LogP contribution < -0.4 is 15.5 Å². The smallest absolute Gasteiger partial charge is 0.171 e. The van der Waals surface area contributed by atoms with Gasteiger partial charge in [-0.25, -0.2) is 9.97 Å². The number of hydrogen-bond donors (Lipinski definition) is 2. The Bertz CT molecular complexity index is 1230. The molecule has 7 nitrogen and oxygen atoms in total. The Labute approximate surface area is 191 Å². The molecule has 0 unspecified atom stereocenters. The van der Waals surface area contributed by atoms with Crippen LogP contribution in [0.25, 0.3) is 10.8 Å². The second kappa shape index (κ2) is 10.4. The Balaban J connectivity index is 1.48. The molecule has 8 heteroatoms. The Kier molecular flexibility index (Phi) is 6.90. The van der Waals surface area contributed by atoms with Crippen molar-refractivity contribution in [3.8, 4) is 6.07 Å². The summed E-state index contributed by atoms with van der Waals surface area (Å²) in [6.07, 6.45) is 5.14. The number of nitrogens with one attached hydrogen (secondary N) is 2. The lowest BCUT2D eigenvalue weighted by atomic mass is 10.0. The number of benzene rings is 2. The zero-order chi connectivity index (χ0) is 22.2. The first-order chi connectivity index (χ1) is 15.7.